The average Bonchev–Trinajstić information content (AvgIpc) is 2.66. The summed E-state index contributed by atoms with van der Waals surface area (Å²) in [4.78, 5) is 17.9. The van der Waals surface area contributed by atoms with Gasteiger partial charge >= 0.3 is 0 Å². The predicted molar refractivity (Wildman–Crippen MR) is 70.9 cm³/mol. The van der Waals surface area contributed by atoms with E-state index in [4.69, 9.17) is 0 Å². The maximum atomic E-state index is 11.7. The van der Waals surface area contributed by atoms with Gasteiger partial charge in [-0.25, -0.2) is 4.98 Å². The number of carbonyl (C=O) groups is 1. The Morgan fingerprint density at radius 2 is 2.19 bits per heavy atom. The van der Waals surface area contributed by atoms with Gasteiger partial charge in [-0.15, -0.1) is 23.1 Å². The van der Waals surface area contributed by atoms with Gasteiger partial charge in [0.05, 0.1) is 16.5 Å². The summed E-state index contributed by atoms with van der Waals surface area (Å²) in [7, 11) is 0. The molecule has 0 saturated heterocycles. The van der Waals surface area contributed by atoms with Crippen molar-refractivity contribution < 1.29 is 4.79 Å². The van der Waals surface area contributed by atoms with Gasteiger partial charge in [-0.3, -0.25) is 4.79 Å². The second kappa shape index (κ2) is 6.91. The molecule has 5 heteroatoms. The first-order chi connectivity index (χ1) is 7.67. The number of amides is 1. The molecule has 1 aromatic rings. The number of rotatable bonds is 6. The van der Waals surface area contributed by atoms with Crippen LogP contribution >= 0.6 is 23.1 Å². The van der Waals surface area contributed by atoms with E-state index in [9.17, 15) is 4.79 Å². The van der Waals surface area contributed by atoms with Crippen LogP contribution in [0.1, 0.15) is 24.5 Å². The monoisotopic (exact) mass is 258 g/mol. The van der Waals surface area contributed by atoms with Crippen molar-refractivity contribution >= 4 is 29.0 Å². The maximum Gasteiger partial charge on any atom is 0.232 e. The Morgan fingerprint density at radius 3 is 2.69 bits per heavy atom. The summed E-state index contributed by atoms with van der Waals surface area (Å²) >= 11 is 3.30. The molecular weight excluding hydrogens is 240 g/mol. The van der Waals surface area contributed by atoms with Crippen LogP contribution < -0.4 is 0 Å². The minimum atomic E-state index is 0.224. The van der Waals surface area contributed by atoms with Crippen LogP contribution in [0.4, 0.5) is 0 Å². The molecule has 16 heavy (non-hydrogen) atoms. The van der Waals surface area contributed by atoms with Crippen LogP contribution in [0.5, 0.6) is 0 Å². The highest BCUT2D eigenvalue weighted by atomic mass is 32.2. The zero-order chi connectivity index (χ0) is 12.0. The minimum absolute atomic E-state index is 0.224. The van der Waals surface area contributed by atoms with Crippen LogP contribution in [0, 0.1) is 6.92 Å². The van der Waals surface area contributed by atoms with Gasteiger partial charge in [-0.2, -0.15) is 0 Å². The van der Waals surface area contributed by atoms with Crippen molar-refractivity contribution in [1.29, 1.82) is 0 Å². The smallest absolute Gasteiger partial charge is 0.232 e. The van der Waals surface area contributed by atoms with Crippen molar-refractivity contribution in [1.82, 2.24) is 9.88 Å². The number of hydrogen-bond donors (Lipinski definition) is 0. The van der Waals surface area contributed by atoms with Crippen LogP contribution in [0.3, 0.4) is 0 Å². The molecule has 90 valence electrons. The van der Waals surface area contributed by atoms with E-state index in [-0.39, 0.29) is 5.91 Å². The van der Waals surface area contributed by atoms with Crippen LogP contribution in [0.2, 0.25) is 0 Å². The van der Waals surface area contributed by atoms with E-state index < -0.39 is 0 Å². The molecule has 0 radical (unpaired) electrons. The lowest BCUT2D eigenvalue weighted by molar-refractivity contribution is -0.127. The van der Waals surface area contributed by atoms with E-state index in [0.717, 1.165) is 29.5 Å². The summed E-state index contributed by atoms with van der Waals surface area (Å²) in [6, 6.07) is 0. The lowest BCUT2D eigenvalue weighted by Gasteiger charge is -2.17. The summed E-state index contributed by atoms with van der Waals surface area (Å²) in [6.45, 7) is 7.61. The molecule has 0 atom stereocenters. The quantitative estimate of drug-likeness (QED) is 0.786. The summed E-state index contributed by atoms with van der Waals surface area (Å²) < 4.78 is 0. The van der Waals surface area contributed by atoms with E-state index in [1.807, 2.05) is 25.7 Å². The molecule has 0 unspecified atom stereocenters. The number of aryl methyl sites for hydroxylation is 1. The van der Waals surface area contributed by atoms with Gasteiger partial charge in [-0.05, 0) is 20.8 Å². The van der Waals surface area contributed by atoms with E-state index in [1.54, 1.807) is 23.1 Å². The van der Waals surface area contributed by atoms with Crippen LogP contribution in [0.25, 0.3) is 0 Å². The minimum Gasteiger partial charge on any atom is -0.343 e. The highest BCUT2D eigenvalue weighted by Gasteiger charge is 2.09. The second-order valence-electron chi connectivity index (χ2n) is 3.42. The Bertz CT molecular complexity index is 334. The maximum absolute atomic E-state index is 11.7. The van der Waals surface area contributed by atoms with Crippen LogP contribution in [-0.2, 0) is 10.5 Å². The fourth-order valence-corrected chi connectivity index (χ4v) is 2.92. The van der Waals surface area contributed by atoms with Gasteiger partial charge < -0.3 is 4.90 Å². The highest BCUT2D eigenvalue weighted by molar-refractivity contribution is 7.99. The van der Waals surface area contributed by atoms with Crippen LogP contribution in [0.15, 0.2) is 5.38 Å². The van der Waals surface area contributed by atoms with Crippen molar-refractivity contribution in [2.45, 2.75) is 26.5 Å². The van der Waals surface area contributed by atoms with Gasteiger partial charge in [0.2, 0.25) is 5.91 Å². The Morgan fingerprint density at radius 1 is 1.50 bits per heavy atom. The average molecular weight is 258 g/mol. The number of thioether (sulfide) groups is 1. The number of thiazole rings is 1. The Hall–Kier alpha value is -0.550. The van der Waals surface area contributed by atoms with Gasteiger partial charge in [-0.1, -0.05) is 0 Å². The third kappa shape index (κ3) is 4.14. The number of hydrogen-bond acceptors (Lipinski definition) is 4. The zero-order valence-electron chi connectivity index (χ0n) is 10.0. The predicted octanol–water partition coefficient (Wildman–Crippen LogP) is 2.55. The van der Waals surface area contributed by atoms with Crippen molar-refractivity contribution in [2.75, 3.05) is 18.8 Å². The molecule has 0 aromatic carbocycles. The molecule has 1 amide bonds. The Labute approximate surface area is 105 Å². The van der Waals surface area contributed by atoms with E-state index in [1.165, 1.54) is 0 Å². The lowest BCUT2D eigenvalue weighted by Crippen LogP contribution is -2.31. The molecule has 0 fully saturated rings. The van der Waals surface area contributed by atoms with Gasteiger partial charge in [0.15, 0.2) is 0 Å². The Kier molecular flexibility index (Phi) is 5.84. The molecule has 0 spiro atoms. The van der Waals surface area contributed by atoms with E-state index >= 15 is 0 Å². The molecule has 3 nitrogen and oxygen atoms in total. The van der Waals surface area contributed by atoms with Gasteiger partial charge in [0.1, 0.15) is 0 Å². The summed E-state index contributed by atoms with van der Waals surface area (Å²) in [5, 5.41) is 3.15. The molecule has 1 heterocycles. The lowest BCUT2D eigenvalue weighted by atomic mass is 10.5. The zero-order valence-corrected chi connectivity index (χ0v) is 11.7. The van der Waals surface area contributed by atoms with E-state index in [0.29, 0.717) is 5.75 Å². The molecule has 0 saturated carbocycles. The Balaban J connectivity index is 2.27. The molecule has 0 bridgehead atoms. The molecule has 1 aromatic heterocycles. The normalized spacial score (nSPS) is 10.4. The van der Waals surface area contributed by atoms with Gasteiger partial charge in [0, 0.05) is 24.2 Å². The number of carbonyl (C=O) groups excluding carboxylic acids is 1. The molecular formula is C11H18N2OS2. The van der Waals surface area contributed by atoms with Gasteiger partial charge in [0.25, 0.3) is 0 Å². The first kappa shape index (κ1) is 13.5. The molecule has 0 aliphatic rings. The van der Waals surface area contributed by atoms with Crippen molar-refractivity contribution in [2.24, 2.45) is 0 Å². The fourth-order valence-electron chi connectivity index (χ4n) is 1.39. The van der Waals surface area contributed by atoms with E-state index in [2.05, 4.69) is 10.4 Å². The highest BCUT2D eigenvalue weighted by Crippen LogP contribution is 2.15. The van der Waals surface area contributed by atoms with Crippen molar-refractivity contribution in [3.8, 4) is 0 Å². The number of nitrogens with zero attached hydrogens (tertiary/aromatic N) is 2. The fraction of sp³-hybridized carbons (Fsp3) is 0.636. The molecule has 0 aliphatic heterocycles. The number of aromatic nitrogens is 1. The largest absolute Gasteiger partial charge is 0.343 e. The summed E-state index contributed by atoms with van der Waals surface area (Å²) in [5.74, 6) is 1.61. The molecule has 0 N–H and O–H groups in total. The standard InChI is InChI=1S/C11H18N2OS2/c1-4-13(5-2)11(14)8-15-6-10-7-16-9(3)12-10/h7H,4-6,8H2,1-3H3. The molecule has 1 rings (SSSR count). The third-order valence-corrected chi connectivity index (χ3v) is 4.03. The molecule has 0 aliphatic carbocycles. The summed E-state index contributed by atoms with van der Waals surface area (Å²) in [5.41, 5.74) is 1.08. The first-order valence-corrected chi connectivity index (χ1v) is 7.47. The topological polar surface area (TPSA) is 33.2 Å². The van der Waals surface area contributed by atoms with Crippen molar-refractivity contribution in [3.63, 3.8) is 0 Å². The SMILES string of the molecule is CCN(CC)C(=O)CSCc1csc(C)n1. The first-order valence-electron chi connectivity index (χ1n) is 5.43. The summed E-state index contributed by atoms with van der Waals surface area (Å²) in [6.07, 6.45) is 0. The van der Waals surface area contributed by atoms with Crippen LogP contribution in [-0.4, -0.2) is 34.6 Å². The van der Waals surface area contributed by atoms with Crippen molar-refractivity contribution in [3.05, 3.63) is 16.1 Å². The third-order valence-electron chi connectivity index (χ3n) is 2.26. The second-order valence-corrected chi connectivity index (χ2v) is 5.46.